The molecule has 0 amide bonds. The van der Waals surface area contributed by atoms with E-state index in [9.17, 15) is 4.79 Å². The summed E-state index contributed by atoms with van der Waals surface area (Å²) in [6.07, 6.45) is 3.20. The number of aromatic carboxylic acids is 1. The van der Waals surface area contributed by atoms with Gasteiger partial charge in [0.15, 0.2) is 0 Å². The maximum Gasteiger partial charge on any atom is 0.337 e. The molecule has 0 unspecified atom stereocenters. The fourth-order valence-electron chi connectivity index (χ4n) is 1.51. The van der Waals surface area contributed by atoms with Crippen molar-refractivity contribution in [1.82, 2.24) is 4.98 Å². The molecule has 2 N–H and O–H groups in total. The molecule has 0 bridgehead atoms. The molecule has 1 aromatic rings. The predicted molar refractivity (Wildman–Crippen MR) is 76.6 cm³/mol. The molecule has 0 spiro atoms. The first kappa shape index (κ1) is 16.7. The topological polar surface area (TPSA) is 80.7 Å². The Morgan fingerprint density at radius 3 is 2.90 bits per heavy atom. The van der Waals surface area contributed by atoms with Crippen molar-refractivity contribution in [2.45, 2.75) is 12.8 Å². The summed E-state index contributed by atoms with van der Waals surface area (Å²) in [5, 5.41) is 12.1. The monoisotopic (exact) mass is 302 g/mol. The number of pyridine rings is 1. The van der Waals surface area contributed by atoms with E-state index in [1.165, 1.54) is 12.3 Å². The van der Waals surface area contributed by atoms with Gasteiger partial charge in [-0.1, -0.05) is 11.6 Å². The SMILES string of the molecule is COCCOCCCCNc1nccc(C(=O)O)c1Cl. The number of anilines is 1. The molecule has 20 heavy (non-hydrogen) atoms. The zero-order valence-corrected chi connectivity index (χ0v) is 12.2. The molecular formula is C13H19ClN2O4. The number of unbranched alkanes of at least 4 members (excludes halogenated alkanes) is 1. The lowest BCUT2D eigenvalue weighted by Crippen LogP contribution is -2.08. The van der Waals surface area contributed by atoms with Crippen LogP contribution in [0.2, 0.25) is 5.02 Å². The predicted octanol–water partition coefficient (Wildman–Crippen LogP) is 2.29. The van der Waals surface area contributed by atoms with Crippen LogP contribution in [0.1, 0.15) is 23.2 Å². The van der Waals surface area contributed by atoms with Crippen LogP contribution in [0.5, 0.6) is 0 Å². The smallest absolute Gasteiger partial charge is 0.337 e. The van der Waals surface area contributed by atoms with E-state index in [0.29, 0.717) is 32.2 Å². The molecule has 6 nitrogen and oxygen atoms in total. The molecule has 1 rings (SSSR count). The maximum atomic E-state index is 10.9. The number of hydrogen-bond donors (Lipinski definition) is 2. The van der Waals surface area contributed by atoms with E-state index in [0.717, 1.165) is 12.8 Å². The number of halogens is 1. The number of aromatic nitrogens is 1. The van der Waals surface area contributed by atoms with E-state index in [1.54, 1.807) is 7.11 Å². The number of nitrogens with one attached hydrogen (secondary N) is 1. The molecule has 112 valence electrons. The van der Waals surface area contributed by atoms with Crippen molar-refractivity contribution in [2.24, 2.45) is 0 Å². The number of carbonyl (C=O) groups is 1. The van der Waals surface area contributed by atoms with Crippen LogP contribution in [0.4, 0.5) is 5.82 Å². The van der Waals surface area contributed by atoms with Crippen LogP contribution in [0.25, 0.3) is 0 Å². The highest BCUT2D eigenvalue weighted by Crippen LogP contribution is 2.23. The van der Waals surface area contributed by atoms with Crippen LogP contribution in [-0.2, 0) is 9.47 Å². The van der Waals surface area contributed by atoms with Crippen LogP contribution >= 0.6 is 11.6 Å². The van der Waals surface area contributed by atoms with Gasteiger partial charge in [-0.3, -0.25) is 0 Å². The maximum absolute atomic E-state index is 10.9. The Hall–Kier alpha value is -1.37. The Kier molecular flexibility index (Phi) is 7.94. The summed E-state index contributed by atoms with van der Waals surface area (Å²) in [5.74, 6) is -0.668. The van der Waals surface area contributed by atoms with Gasteiger partial charge in [-0.25, -0.2) is 9.78 Å². The molecule has 0 aromatic carbocycles. The Balaban J connectivity index is 2.25. The quantitative estimate of drug-likeness (QED) is 0.645. The molecule has 0 saturated heterocycles. The first-order valence-corrected chi connectivity index (χ1v) is 6.73. The number of carboxylic acids is 1. The summed E-state index contributed by atoms with van der Waals surface area (Å²) >= 11 is 5.96. The zero-order chi connectivity index (χ0) is 14.8. The van der Waals surface area contributed by atoms with Crippen molar-refractivity contribution in [3.05, 3.63) is 22.8 Å². The second-order valence-corrected chi connectivity index (χ2v) is 4.44. The lowest BCUT2D eigenvalue weighted by Gasteiger charge is -2.09. The standard InChI is InChI=1S/C13H19ClN2O4/c1-19-8-9-20-7-3-2-5-15-12-11(14)10(13(17)18)4-6-16-12/h4,6H,2-3,5,7-9H2,1H3,(H,15,16)(H,17,18). The summed E-state index contributed by atoms with van der Waals surface area (Å²) in [6, 6.07) is 1.37. The highest BCUT2D eigenvalue weighted by atomic mass is 35.5. The highest BCUT2D eigenvalue weighted by Gasteiger charge is 2.12. The van der Waals surface area contributed by atoms with Gasteiger partial charge in [0.05, 0.1) is 23.8 Å². The number of ether oxygens (including phenoxy) is 2. The fraction of sp³-hybridized carbons (Fsp3) is 0.538. The van der Waals surface area contributed by atoms with Gasteiger partial charge < -0.3 is 19.9 Å². The summed E-state index contributed by atoms with van der Waals surface area (Å²) in [6.45, 7) is 2.52. The molecule has 1 aromatic heterocycles. The minimum absolute atomic E-state index is 0.0482. The van der Waals surface area contributed by atoms with Crippen LogP contribution in [-0.4, -0.2) is 49.5 Å². The Bertz CT molecular complexity index is 429. The van der Waals surface area contributed by atoms with Crippen LogP contribution < -0.4 is 5.32 Å². The fourth-order valence-corrected chi connectivity index (χ4v) is 1.77. The molecule has 1 heterocycles. The molecule has 0 saturated carbocycles. The van der Waals surface area contributed by atoms with Crippen molar-refractivity contribution >= 4 is 23.4 Å². The second kappa shape index (κ2) is 9.52. The van der Waals surface area contributed by atoms with E-state index >= 15 is 0 Å². The van der Waals surface area contributed by atoms with Crippen LogP contribution in [0.15, 0.2) is 12.3 Å². The van der Waals surface area contributed by atoms with E-state index in [-0.39, 0.29) is 10.6 Å². The van der Waals surface area contributed by atoms with E-state index < -0.39 is 5.97 Å². The number of nitrogens with zero attached hydrogens (tertiary/aromatic N) is 1. The van der Waals surface area contributed by atoms with Gasteiger partial charge in [0.25, 0.3) is 0 Å². The minimum Gasteiger partial charge on any atom is -0.478 e. The average Bonchev–Trinajstić information content (AvgIpc) is 2.43. The molecule has 7 heteroatoms. The summed E-state index contributed by atoms with van der Waals surface area (Å²) in [7, 11) is 1.63. The summed E-state index contributed by atoms with van der Waals surface area (Å²) in [4.78, 5) is 14.9. The van der Waals surface area contributed by atoms with Crippen molar-refractivity contribution in [3.63, 3.8) is 0 Å². The van der Waals surface area contributed by atoms with E-state index in [2.05, 4.69) is 10.3 Å². The summed E-state index contributed by atoms with van der Waals surface area (Å²) in [5.41, 5.74) is 0.0482. The van der Waals surface area contributed by atoms with E-state index in [1.807, 2.05) is 0 Å². The molecule has 0 aliphatic carbocycles. The third kappa shape index (κ3) is 5.73. The van der Waals surface area contributed by atoms with Gasteiger partial charge in [-0.05, 0) is 18.9 Å². The number of methoxy groups -OCH3 is 1. The third-order valence-electron chi connectivity index (χ3n) is 2.56. The van der Waals surface area contributed by atoms with Gasteiger partial charge >= 0.3 is 5.97 Å². The van der Waals surface area contributed by atoms with Gasteiger partial charge in [-0.2, -0.15) is 0 Å². The second-order valence-electron chi connectivity index (χ2n) is 4.07. The molecule has 0 aliphatic rings. The molecule has 0 radical (unpaired) electrons. The number of rotatable bonds is 10. The number of carboxylic acid groups (broad SMARTS) is 1. The Labute approximate surface area is 123 Å². The van der Waals surface area contributed by atoms with Crippen molar-refractivity contribution in [2.75, 3.05) is 38.8 Å². The average molecular weight is 303 g/mol. The summed E-state index contributed by atoms with van der Waals surface area (Å²) < 4.78 is 10.2. The lowest BCUT2D eigenvalue weighted by atomic mass is 10.2. The molecule has 0 atom stereocenters. The zero-order valence-electron chi connectivity index (χ0n) is 11.4. The normalized spacial score (nSPS) is 10.5. The Morgan fingerprint density at radius 2 is 2.20 bits per heavy atom. The van der Waals surface area contributed by atoms with Gasteiger partial charge in [-0.15, -0.1) is 0 Å². The largest absolute Gasteiger partial charge is 0.478 e. The molecule has 0 aliphatic heterocycles. The van der Waals surface area contributed by atoms with E-state index in [4.69, 9.17) is 26.2 Å². The first-order valence-electron chi connectivity index (χ1n) is 6.35. The van der Waals surface area contributed by atoms with Crippen molar-refractivity contribution < 1.29 is 19.4 Å². The third-order valence-corrected chi connectivity index (χ3v) is 2.94. The Morgan fingerprint density at radius 1 is 1.40 bits per heavy atom. The first-order chi connectivity index (χ1) is 9.66. The minimum atomic E-state index is -1.06. The van der Waals surface area contributed by atoms with Gasteiger partial charge in [0.2, 0.25) is 0 Å². The molecule has 0 fully saturated rings. The lowest BCUT2D eigenvalue weighted by molar-refractivity contribution is 0.0691. The van der Waals surface area contributed by atoms with Crippen molar-refractivity contribution in [1.29, 1.82) is 0 Å². The van der Waals surface area contributed by atoms with Gasteiger partial charge in [0, 0.05) is 26.5 Å². The van der Waals surface area contributed by atoms with Crippen LogP contribution in [0.3, 0.4) is 0 Å². The van der Waals surface area contributed by atoms with Crippen LogP contribution in [0, 0.1) is 0 Å². The molecular weight excluding hydrogens is 284 g/mol. The number of hydrogen-bond acceptors (Lipinski definition) is 5. The highest BCUT2D eigenvalue weighted by molar-refractivity contribution is 6.35. The van der Waals surface area contributed by atoms with Crippen molar-refractivity contribution in [3.8, 4) is 0 Å². The van der Waals surface area contributed by atoms with Gasteiger partial charge in [0.1, 0.15) is 5.82 Å².